The van der Waals surface area contributed by atoms with Gasteiger partial charge < -0.3 is 0 Å². The highest BCUT2D eigenvalue weighted by molar-refractivity contribution is 5.81. The van der Waals surface area contributed by atoms with E-state index in [4.69, 9.17) is 0 Å². The van der Waals surface area contributed by atoms with Gasteiger partial charge in [-0.3, -0.25) is 4.99 Å². The summed E-state index contributed by atoms with van der Waals surface area (Å²) >= 11 is 0. The van der Waals surface area contributed by atoms with Crippen molar-refractivity contribution in [2.75, 3.05) is 0 Å². The zero-order valence-corrected chi connectivity index (χ0v) is 4.94. The molecule has 2 unspecified atom stereocenters. The van der Waals surface area contributed by atoms with Crippen molar-refractivity contribution >= 4 is 18.8 Å². The Morgan fingerprint density at radius 3 is 3.22 bits per heavy atom. The first-order chi connectivity index (χ1) is 4.47. The van der Waals surface area contributed by atoms with Gasteiger partial charge in [0.15, 0.2) is 0 Å². The van der Waals surface area contributed by atoms with Gasteiger partial charge in [0.25, 0.3) is 0 Å². The maximum absolute atomic E-state index is 4.14. The monoisotopic (exact) mass is 121 g/mol. The minimum Gasteiger partial charge on any atom is -0.270 e. The molecule has 2 atom stereocenters. The van der Waals surface area contributed by atoms with Crippen LogP contribution in [0.4, 0.5) is 0 Å². The fourth-order valence-corrected chi connectivity index (χ4v) is 1.07. The SMILES string of the molecule is C1=NC=NC2N=CCC12. The Bertz CT molecular complexity index is 192. The van der Waals surface area contributed by atoms with Gasteiger partial charge in [-0.25, -0.2) is 9.98 Å². The maximum atomic E-state index is 4.14. The summed E-state index contributed by atoms with van der Waals surface area (Å²) < 4.78 is 0. The van der Waals surface area contributed by atoms with Crippen LogP contribution in [0, 0.1) is 5.92 Å². The highest BCUT2D eigenvalue weighted by atomic mass is 15.1. The molecule has 0 saturated carbocycles. The number of aliphatic imine (C=N–C) groups is 3. The Morgan fingerprint density at radius 1 is 1.33 bits per heavy atom. The number of nitrogens with zero attached hydrogens (tertiary/aromatic N) is 3. The Morgan fingerprint density at radius 2 is 2.33 bits per heavy atom. The Hall–Kier alpha value is -0.990. The summed E-state index contributed by atoms with van der Waals surface area (Å²) in [6.07, 6.45) is 6.58. The summed E-state index contributed by atoms with van der Waals surface area (Å²) in [6, 6.07) is 0. The molecule has 0 aromatic heterocycles. The Kier molecular flexibility index (Phi) is 0.946. The first kappa shape index (κ1) is 4.85. The summed E-state index contributed by atoms with van der Waals surface area (Å²) in [5, 5.41) is 0. The van der Waals surface area contributed by atoms with Crippen LogP contribution in [0.1, 0.15) is 6.42 Å². The average molecular weight is 121 g/mol. The molecule has 2 rings (SSSR count). The van der Waals surface area contributed by atoms with Crippen LogP contribution in [-0.2, 0) is 0 Å². The third-order valence-corrected chi connectivity index (χ3v) is 1.58. The number of hydrogen-bond donors (Lipinski definition) is 0. The van der Waals surface area contributed by atoms with E-state index in [9.17, 15) is 0 Å². The van der Waals surface area contributed by atoms with E-state index in [1.165, 1.54) is 0 Å². The molecule has 0 aliphatic carbocycles. The fourth-order valence-electron chi connectivity index (χ4n) is 1.07. The van der Waals surface area contributed by atoms with E-state index in [1.807, 2.05) is 12.4 Å². The lowest BCUT2D eigenvalue weighted by Gasteiger charge is -2.09. The zero-order chi connectivity index (χ0) is 6.10. The van der Waals surface area contributed by atoms with Crippen LogP contribution in [0.15, 0.2) is 15.0 Å². The van der Waals surface area contributed by atoms with Crippen molar-refractivity contribution in [1.29, 1.82) is 0 Å². The molecule has 0 saturated heterocycles. The average Bonchev–Trinajstić information content (AvgIpc) is 2.33. The quantitative estimate of drug-likeness (QED) is 0.448. The van der Waals surface area contributed by atoms with E-state index < -0.39 is 0 Å². The predicted octanol–water partition coefficient (Wildman–Crippen LogP) is 0.516. The number of rotatable bonds is 0. The van der Waals surface area contributed by atoms with E-state index in [2.05, 4.69) is 15.0 Å². The molecule has 0 spiro atoms. The molecule has 2 heterocycles. The van der Waals surface area contributed by atoms with Gasteiger partial charge in [0.1, 0.15) is 12.5 Å². The molecule has 0 aromatic rings. The van der Waals surface area contributed by atoms with Crippen LogP contribution in [0.2, 0.25) is 0 Å². The topological polar surface area (TPSA) is 37.1 Å². The molecule has 2 aliphatic heterocycles. The van der Waals surface area contributed by atoms with Gasteiger partial charge in [0.05, 0.1) is 0 Å². The Labute approximate surface area is 53.2 Å². The zero-order valence-electron chi connectivity index (χ0n) is 4.94. The van der Waals surface area contributed by atoms with Crippen molar-refractivity contribution in [2.24, 2.45) is 20.9 Å². The van der Waals surface area contributed by atoms with Gasteiger partial charge in [-0.1, -0.05) is 0 Å². The van der Waals surface area contributed by atoms with Crippen molar-refractivity contribution in [1.82, 2.24) is 0 Å². The molecule has 0 radical (unpaired) electrons. The van der Waals surface area contributed by atoms with E-state index >= 15 is 0 Å². The highest BCUT2D eigenvalue weighted by Crippen LogP contribution is 2.18. The Balaban J connectivity index is 2.25. The molecule has 9 heavy (non-hydrogen) atoms. The lowest BCUT2D eigenvalue weighted by molar-refractivity contribution is 0.611. The van der Waals surface area contributed by atoms with Gasteiger partial charge in [0, 0.05) is 18.3 Å². The first-order valence-electron chi connectivity index (χ1n) is 3.03. The third kappa shape index (κ3) is 0.686. The normalized spacial score (nSPS) is 37.3. The molecule has 0 amide bonds. The lowest BCUT2D eigenvalue weighted by Crippen LogP contribution is -2.15. The van der Waals surface area contributed by atoms with Crippen LogP contribution in [-0.4, -0.2) is 24.9 Å². The second kappa shape index (κ2) is 1.76. The van der Waals surface area contributed by atoms with Crippen LogP contribution < -0.4 is 0 Å². The summed E-state index contributed by atoms with van der Waals surface area (Å²) in [4.78, 5) is 12.1. The van der Waals surface area contributed by atoms with E-state index in [1.54, 1.807) is 6.34 Å². The molecule has 0 bridgehead atoms. The van der Waals surface area contributed by atoms with Crippen LogP contribution in [0.25, 0.3) is 0 Å². The molecule has 2 aliphatic rings. The third-order valence-electron chi connectivity index (χ3n) is 1.58. The van der Waals surface area contributed by atoms with Gasteiger partial charge in [-0.2, -0.15) is 0 Å². The van der Waals surface area contributed by atoms with Gasteiger partial charge >= 0.3 is 0 Å². The van der Waals surface area contributed by atoms with Crippen LogP contribution >= 0.6 is 0 Å². The van der Waals surface area contributed by atoms with Crippen LogP contribution in [0.5, 0.6) is 0 Å². The molecule has 0 N–H and O–H groups in total. The molecular weight excluding hydrogens is 114 g/mol. The standard InChI is InChI=1S/C6H7N3/c1-2-8-6-5(1)3-7-4-9-6/h2-6H,1H2. The van der Waals surface area contributed by atoms with Crippen molar-refractivity contribution < 1.29 is 0 Å². The summed E-state index contributed by atoms with van der Waals surface area (Å²) in [7, 11) is 0. The van der Waals surface area contributed by atoms with E-state index in [-0.39, 0.29) is 6.17 Å². The van der Waals surface area contributed by atoms with Gasteiger partial charge in [-0.15, -0.1) is 0 Å². The molecular formula is C6H7N3. The molecule has 0 fully saturated rings. The maximum Gasteiger partial charge on any atom is 0.149 e. The first-order valence-corrected chi connectivity index (χ1v) is 3.03. The van der Waals surface area contributed by atoms with Crippen molar-refractivity contribution in [3.8, 4) is 0 Å². The molecule has 3 heteroatoms. The smallest absolute Gasteiger partial charge is 0.149 e. The van der Waals surface area contributed by atoms with Gasteiger partial charge in [0.2, 0.25) is 0 Å². The van der Waals surface area contributed by atoms with Crippen molar-refractivity contribution in [2.45, 2.75) is 12.6 Å². The van der Waals surface area contributed by atoms with Gasteiger partial charge in [-0.05, 0) is 6.42 Å². The van der Waals surface area contributed by atoms with Crippen molar-refractivity contribution in [3.63, 3.8) is 0 Å². The largest absolute Gasteiger partial charge is 0.270 e. The molecule has 46 valence electrons. The minimum absolute atomic E-state index is 0.155. The van der Waals surface area contributed by atoms with E-state index in [0.29, 0.717) is 5.92 Å². The second-order valence-electron chi connectivity index (χ2n) is 2.21. The lowest BCUT2D eigenvalue weighted by atomic mass is 10.1. The van der Waals surface area contributed by atoms with Crippen molar-refractivity contribution in [3.05, 3.63) is 0 Å². The molecule has 3 nitrogen and oxygen atoms in total. The summed E-state index contributed by atoms with van der Waals surface area (Å²) in [6.45, 7) is 0. The number of hydrogen-bond acceptors (Lipinski definition) is 3. The highest BCUT2D eigenvalue weighted by Gasteiger charge is 2.22. The summed E-state index contributed by atoms with van der Waals surface area (Å²) in [5.74, 6) is 0.454. The second-order valence-corrected chi connectivity index (χ2v) is 2.21. The van der Waals surface area contributed by atoms with Crippen LogP contribution in [0.3, 0.4) is 0 Å². The van der Waals surface area contributed by atoms with E-state index in [0.717, 1.165) is 6.42 Å². The number of fused-ring (bicyclic) bond motifs is 1. The minimum atomic E-state index is 0.155. The molecule has 0 aromatic carbocycles. The predicted molar refractivity (Wildman–Crippen MR) is 37.4 cm³/mol. The summed E-state index contributed by atoms with van der Waals surface area (Å²) in [5.41, 5.74) is 0. The fraction of sp³-hybridized carbons (Fsp3) is 0.500.